The summed E-state index contributed by atoms with van der Waals surface area (Å²) in [5, 5.41) is 4.44. The molecule has 0 aliphatic heterocycles. The van der Waals surface area contributed by atoms with Gasteiger partial charge in [0.05, 0.1) is 25.3 Å². The first-order valence-corrected chi connectivity index (χ1v) is 7.04. The number of hydrogen-bond acceptors (Lipinski definition) is 6. The van der Waals surface area contributed by atoms with Crippen molar-refractivity contribution in [3.63, 3.8) is 0 Å². The fraction of sp³-hybridized carbons (Fsp3) is 0.429. The molecule has 2 rings (SSSR count). The molecule has 0 spiro atoms. The molecule has 0 aliphatic rings. The molecule has 0 saturated carbocycles. The lowest BCUT2D eigenvalue weighted by Crippen LogP contribution is -2.18. The van der Waals surface area contributed by atoms with Crippen LogP contribution in [0.5, 0.6) is 5.75 Å². The molecule has 0 amide bonds. The minimum atomic E-state index is -0.431. The molecule has 1 heterocycles. The van der Waals surface area contributed by atoms with Gasteiger partial charge in [-0.25, -0.2) is 0 Å². The summed E-state index contributed by atoms with van der Waals surface area (Å²) in [5.74, 6) is 1.31. The largest absolute Gasteiger partial charge is 0.496 e. The second-order valence-electron chi connectivity index (χ2n) is 4.48. The number of nitrogens with two attached hydrogens (primary N) is 1. The quantitative estimate of drug-likeness (QED) is 0.792. The van der Waals surface area contributed by atoms with E-state index in [2.05, 4.69) is 10.1 Å². The van der Waals surface area contributed by atoms with E-state index in [0.717, 1.165) is 6.42 Å². The van der Waals surface area contributed by atoms with Crippen LogP contribution in [0.1, 0.15) is 25.2 Å². The van der Waals surface area contributed by atoms with E-state index < -0.39 is 6.04 Å². The summed E-state index contributed by atoms with van der Waals surface area (Å²) in [6.07, 6.45) is 0.934. The Morgan fingerprint density at radius 2 is 2.24 bits per heavy atom. The van der Waals surface area contributed by atoms with Gasteiger partial charge in [0.25, 0.3) is 5.89 Å². The predicted molar refractivity (Wildman–Crippen MR) is 79.3 cm³/mol. The molecule has 0 saturated heterocycles. The molecule has 1 unspecified atom stereocenters. The van der Waals surface area contributed by atoms with Crippen LogP contribution in [0.15, 0.2) is 22.7 Å². The SMILES string of the molecule is CCCOCC(N)c1noc(-c2cc(Cl)ccc2OC)n1. The highest BCUT2D eigenvalue weighted by atomic mass is 35.5. The third-order valence-corrected chi connectivity index (χ3v) is 3.05. The van der Waals surface area contributed by atoms with Gasteiger partial charge in [-0.1, -0.05) is 23.7 Å². The zero-order valence-electron chi connectivity index (χ0n) is 12.0. The highest BCUT2D eigenvalue weighted by Gasteiger charge is 2.18. The van der Waals surface area contributed by atoms with Gasteiger partial charge in [-0.15, -0.1) is 0 Å². The molecule has 0 bridgehead atoms. The van der Waals surface area contributed by atoms with Crippen LogP contribution in [0.4, 0.5) is 0 Å². The number of halogens is 1. The number of rotatable bonds is 7. The lowest BCUT2D eigenvalue weighted by Gasteiger charge is -2.07. The van der Waals surface area contributed by atoms with Crippen LogP contribution in [0.25, 0.3) is 11.5 Å². The minimum absolute atomic E-state index is 0.315. The molecule has 7 heteroatoms. The summed E-state index contributed by atoms with van der Waals surface area (Å²) < 4.78 is 15.9. The van der Waals surface area contributed by atoms with Crippen LogP contribution in [-0.2, 0) is 4.74 Å². The van der Waals surface area contributed by atoms with Gasteiger partial charge in [0.1, 0.15) is 5.75 Å². The number of ether oxygens (including phenoxy) is 2. The van der Waals surface area contributed by atoms with Crippen LogP contribution in [0.3, 0.4) is 0 Å². The van der Waals surface area contributed by atoms with E-state index in [-0.39, 0.29) is 0 Å². The second-order valence-corrected chi connectivity index (χ2v) is 4.92. The Balaban J connectivity index is 2.18. The molecule has 0 fully saturated rings. The van der Waals surface area contributed by atoms with Gasteiger partial charge >= 0.3 is 0 Å². The smallest absolute Gasteiger partial charge is 0.261 e. The summed E-state index contributed by atoms with van der Waals surface area (Å²) in [6, 6.07) is 4.74. The fourth-order valence-electron chi connectivity index (χ4n) is 1.77. The molecule has 6 nitrogen and oxygen atoms in total. The molecule has 21 heavy (non-hydrogen) atoms. The van der Waals surface area contributed by atoms with Gasteiger partial charge in [0.2, 0.25) is 0 Å². The predicted octanol–water partition coefficient (Wildman–Crippen LogP) is 2.83. The standard InChI is InChI=1S/C14H18ClN3O3/c1-3-6-20-8-11(16)13-17-14(21-18-13)10-7-9(15)4-5-12(10)19-2/h4-5,7,11H,3,6,8,16H2,1-2H3. The average Bonchev–Trinajstić information content (AvgIpc) is 2.97. The van der Waals surface area contributed by atoms with Crippen molar-refractivity contribution in [1.82, 2.24) is 10.1 Å². The molecule has 0 radical (unpaired) electrons. The van der Waals surface area contributed by atoms with Crippen molar-refractivity contribution < 1.29 is 14.0 Å². The molecular weight excluding hydrogens is 294 g/mol. The minimum Gasteiger partial charge on any atom is -0.496 e. The number of aromatic nitrogens is 2. The van der Waals surface area contributed by atoms with Crippen LogP contribution in [0, 0.1) is 0 Å². The number of benzene rings is 1. The van der Waals surface area contributed by atoms with E-state index in [1.165, 1.54) is 0 Å². The Hall–Kier alpha value is -1.63. The molecule has 114 valence electrons. The molecule has 2 N–H and O–H groups in total. The zero-order valence-corrected chi connectivity index (χ0v) is 12.8. The number of hydrogen-bond donors (Lipinski definition) is 1. The van der Waals surface area contributed by atoms with Crippen molar-refractivity contribution in [2.24, 2.45) is 5.73 Å². The summed E-state index contributed by atoms with van der Waals surface area (Å²) in [6.45, 7) is 3.03. The Morgan fingerprint density at radius 1 is 1.43 bits per heavy atom. The third kappa shape index (κ3) is 3.93. The fourth-order valence-corrected chi connectivity index (χ4v) is 1.94. The van der Waals surface area contributed by atoms with E-state index in [9.17, 15) is 0 Å². The Morgan fingerprint density at radius 3 is 2.95 bits per heavy atom. The van der Waals surface area contributed by atoms with E-state index in [1.807, 2.05) is 6.92 Å². The third-order valence-electron chi connectivity index (χ3n) is 2.81. The molecule has 1 atom stereocenters. The lowest BCUT2D eigenvalue weighted by molar-refractivity contribution is 0.119. The Labute approximate surface area is 128 Å². The van der Waals surface area contributed by atoms with Gasteiger partial charge in [-0.05, 0) is 24.6 Å². The van der Waals surface area contributed by atoms with Crippen molar-refractivity contribution in [3.05, 3.63) is 29.0 Å². The monoisotopic (exact) mass is 311 g/mol. The van der Waals surface area contributed by atoms with Crippen molar-refractivity contribution in [2.75, 3.05) is 20.3 Å². The molecule has 0 aliphatic carbocycles. The molecule has 2 aromatic rings. The van der Waals surface area contributed by atoms with Crippen LogP contribution >= 0.6 is 11.6 Å². The summed E-state index contributed by atoms with van der Waals surface area (Å²) in [5.41, 5.74) is 6.59. The van der Waals surface area contributed by atoms with Crippen LogP contribution < -0.4 is 10.5 Å². The van der Waals surface area contributed by atoms with Gasteiger partial charge in [0, 0.05) is 11.6 Å². The number of methoxy groups -OCH3 is 1. The van der Waals surface area contributed by atoms with Crippen LogP contribution in [-0.4, -0.2) is 30.5 Å². The summed E-state index contributed by atoms with van der Waals surface area (Å²) in [7, 11) is 1.56. The summed E-state index contributed by atoms with van der Waals surface area (Å²) >= 11 is 5.99. The van der Waals surface area contributed by atoms with E-state index in [4.69, 9.17) is 31.3 Å². The van der Waals surface area contributed by atoms with E-state index in [0.29, 0.717) is 41.3 Å². The maximum atomic E-state index is 5.99. The molecule has 1 aromatic carbocycles. The normalized spacial score (nSPS) is 12.4. The number of nitrogens with zero attached hydrogens (tertiary/aromatic N) is 2. The first-order valence-electron chi connectivity index (χ1n) is 6.66. The lowest BCUT2D eigenvalue weighted by atomic mass is 10.2. The maximum Gasteiger partial charge on any atom is 0.261 e. The molecular formula is C14H18ClN3O3. The molecule has 1 aromatic heterocycles. The average molecular weight is 312 g/mol. The van der Waals surface area contributed by atoms with E-state index in [1.54, 1.807) is 25.3 Å². The van der Waals surface area contributed by atoms with Gasteiger partial charge in [-0.3, -0.25) is 0 Å². The van der Waals surface area contributed by atoms with Crippen molar-refractivity contribution >= 4 is 11.6 Å². The van der Waals surface area contributed by atoms with Crippen molar-refractivity contribution in [3.8, 4) is 17.2 Å². The van der Waals surface area contributed by atoms with Gasteiger partial charge in [-0.2, -0.15) is 4.98 Å². The van der Waals surface area contributed by atoms with Gasteiger partial charge < -0.3 is 19.7 Å². The maximum absolute atomic E-state index is 5.99. The highest BCUT2D eigenvalue weighted by molar-refractivity contribution is 6.30. The van der Waals surface area contributed by atoms with Gasteiger partial charge in [0.15, 0.2) is 5.82 Å². The topological polar surface area (TPSA) is 83.4 Å². The first-order chi connectivity index (χ1) is 10.2. The van der Waals surface area contributed by atoms with Crippen molar-refractivity contribution in [2.45, 2.75) is 19.4 Å². The first kappa shape index (κ1) is 15.8. The summed E-state index contributed by atoms with van der Waals surface area (Å²) in [4.78, 5) is 4.29. The zero-order chi connectivity index (χ0) is 15.2. The second kappa shape index (κ2) is 7.40. The Bertz CT molecular complexity index is 589. The highest BCUT2D eigenvalue weighted by Crippen LogP contribution is 2.31. The van der Waals surface area contributed by atoms with E-state index >= 15 is 0 Å². The van der Waals surface area contributed by atoms with Crippen molar-refractivity contribution in [1.29, 1.82) is 0 Å². The Kier molecular flexibility index (Phi) is 5.55. The van der Waals surface area contributed by atoms with Crippen LogP contribution in [0.2, 0.25) is 5.02 Å².